The fraction of sp³-hybridized carbons (Fsp3) is 0. The number of aromatic nitrogens is 4. The molecule has 0 aliphatic rings. The SMILES string of the molecule is Oc1cc(Cl)ccc1-c1nc(-c2cnccn2)no1. The third-order valence-electron chi connectivity index (χ3n) is 2.41. The van der Waals surface area contributed by atoms with Crippen molar-refractivity contribution in [1.29, 1.82) is 0 Å². The van der Waals surface area contributed by atoms with Gasteiger partial charge in [0.2, 0.25) is 5.82 Å². The summed E-state index contributed by atoms with van der Waals surface area (Å²) in [6.07, 6.45) is 4.61. The minimum Gasteiger partial charge on any atom is -0.507 e. The van der Waals surface area contributed by atoms with Gasteiger partial charge in [-0.3, -0.25) is 4.98 Å². The number of benzene rings is 1. The molecule has 6 nitrogen and oxygen atoms in total. The first kappa shape index (κ1) is 11.6. The minimum atomic E-state index is -0.0261. The van der Waals surface area contributed by atoms with Gasteiger partial charge in [-0.15, -0.1) is 0 Å². The zero-order valence-electron chi connectivity index (χ0n) is 9.49. The number of halogens is 1. The lowest BCUT2D eigenvalue weighted by atomic mass is 10.2. The summed E-state index contributed by atoms with van der Waals surface area (Å²) in [7, 11) is 0. The van der Waals surface area contributed by atoms with Gasteiger partial charge in [-0.1, -0.05) is 16.8 Å². The van der Waals surface area contributed by atoms with Crippen LogP contribution in [0.2, 0.25) is 5.02 Å². The van der Waals surface area contributed by atoms with Crippen molar-refractivity contribution >= 4 is 11.6 Å². The van der Waals surface area contributed by atoms with E-state index >= 15 is 0 Å². The molecule has 0 amide bonds. The van der Waals surface area contributed by atoms with E-state index in [2.05, 4.69) is 20.1 Å². The van der Waals surface area contributed by atoms with Crippen LogP contribution >= 0.6 is 11.6 Å². The molecule has 0 atom stereocenters. The van der Waals surface area contributed by atoms with Crippen molar-refractivity contribution in [1.82, 2.24) is 20.1 Å². The highest BCUT2D eigenvalue weighted by Crippen LogP contribution is 2.31. The molecule has 2 aromatic heterocycles. The Kier molecular flexibility index (Phi) is 2.85. The number of hydrogen-bond donors (Lipinski definition) is 1. The lowest BCUT2D eigenvalue weighted by molar-refractivity contribution is 0.425. The summed E-state index contributed by atoms with van der Waals surface area (Å²) in [5, 5.41) is 14.0. The zero-order chi connectivity index (χ0) is 13.2. The number of phenols is 1. The van der Waals surface area contributed by atoms with E-state index in [1.807, 2.05) is 0 Å². The molecule has 0 saturated carbocycles. The Balaban J connectivity index is 2.02. The molecule has 7 heteroatoms. The molecule has 1 aromatic carbocycles. The quantitative estimate of drug-likeness (QED) is 0.773. The third-order valence-corrected chi connectivity index (χ3v) is 2.64. The Labute approximate surface area is 112 Å². The maximum atomic E-state index is 9.78. The van der Waals surface area contributed by atoms with Gasteiger partial charge in [0.1, 0.15) is 11.4 Å². The number of hydrogen-bond acceptors (Lipinski definition) is 6. The predicted molar refractivity (Wildman–Crippen MR) is 67.4 cm³/mol. The molecule has 94 valence electrons. The van der Waals surface area contributed by atoms with Crippen molar-refractivity contribution in [2.45, 2.75) is 0 Å². The summed E-state index contributed by atoms with van der Waals surface area (Å²) in [5.74, 6) is 0.467. The van der Waals surface area contributed by atoms with Crippen molar-refractivity contribution in [2.75, 3.05) is 0 Å². The van der Waals surface area contributed by atoms with Crippen LogP contribution in [0.5, 0.6) is 5.75 Å². The lowest BCUT2D eigenvalue weighted by Crippen LogP contribution is -1.86. The highest BCUT2D eigenvalue weighted by atomic mass is 35.5. The summed E-state index contributed by atoms with van der Waals surface area (Å²) < 4.78 is 5.09. The zero-order valence-corrected chi connectivity index (χ0v) is 10.2. The molecule has 0 fully saturated rings. The Hall–Kier alpha value is -2.47. The van der Waals surface area contributed by atoms with Gasteiger partial charge < -0.3 is 9.63 Å². The van der Waals surface area contributed by atoms with Gasteiger partial charge in [0.15, 0.2) is 0 Å². The van der Waals surface area contributed by atoms with E-state index in [0.717, 1.165) is 0 Å². The van der Waals surface area contributed by atoms with Gasteiger partial charge in [0.25, 0.3) is 5.89 Å². The first-order valence-corrected chi connectivity index (χ1v) is 5.71. The van der Waals surface area contributed by atoms with Crippen LogP contribution in [0.4, 0.5) is 0 Å². The van der Waals surface area contributed by atoms with Crippen LogP contribution in [0.25, 0.3) is 23.0 Å². The normalized spacial score (nSPS) is 10.6. The van der Waals surface area contributed by atoms with E-state index in [0.29, 0.717) is 22.1 Å². The molecule has 19 heavy (non-hydrogen) atoms. The van der Waals surface area contributed by atoms with E-state index in [1.165, 1.54) is 18.5 Å². The van der Waals surface area contributed by atoms with E-state index in [-0.39, 0.29) is 11.6 Å². The molecule has 0 saturated heterocycles. The lowest BCUT2D eigenvalue weighted by Gasteiger charge is -1.98. The summed E-state index contributed by atoms with van der Waals surface area (Å²) in [4.78, 5) is 12.1. The Morgan fingerprint density at radius 1 is 1.21 bits per heavy atom. The maximum Gasteiger partial charge on any atom is 0.262 e. The average Bonchev–Trinajstić information content (AvgIpc) is 2.89. The monoisotopic (exact) mass is 274 g/mol. The van der Waals surface area contributed by atoms with Crippen molar-refractivity contribution < 1.29 is 9.63 Å². The standard InChI is InChI=1S/C12H7ClN4O2/c13-7-1-2-8(10(18)5-7)12-16-11(17-19-12)9-6-14-3-4-15-9/h1-6,18H. The molecule has 2 heterocycles. The minimum absolute atomic E-state index is 0.0261. The molecule has 3 aromatic rings. The molecule has 0 aliphatic heterocycles. The van der Waals surface area contributed by atoms with Crippen LogP contribution in [0.1, 0.15) is 0 Å². The fourth-order valence-electron chi connectivity index (χ4n) is 1.54. The van der Waals surface area contributed by atoms with Gasteiger partial charge >= 0.3 is 0 Å². The van der Waals surface area contributed by atoms with Crippen LogP contribution < -0.4 is 0 Å². The second-order valence-corrected chi connectivity index (χ2v) is 4.11. The molecule has 0 aliphatic carbocycles. The number of nitrogens with zero attached hydrogens (tertiary/aromatic N) is 4. The van der Waals surface area contributed by atoms with Crippen LogP contribution in [-0.2, 0) is 0 Å². The molecular formula is C12H7ClN4O2. The number of rotatable bonds is 2. The molecule has 0 spiro atoms. The van der Waals surface area contributed by atoms with E-state index in [4.69, 9.17) is 16.1 Å². The summed E-state index contributed by atoms with van der Waals surface area (Å²) in [6, 6.07) is 4.64. The smallest absolute Gasteiger partial charge is 0.262 e. The van der Waals surface area contributed by atoms with Gasteiger partial charge in [-0.25, -0.2) is 4.98 Å². The third kappa shape index (κ3) is 2.25. The highest BCUT2D eigenvalue weighted by molar-refractivity contribution is 6.30. The molecule has 3 rings (SSSR count). The van der Waals surface area contributed by atoms with Crippen molar-refractivity contribution in [3.8, 4) is 28.7 Å². The summed E-state index contributed by atoms with van der Waals surface area (Å²) >= 11 is 5.76. The first-order valence-electron chi connectivity index (χ1n) is 5.33. The largest absolute Gasteiger partial charge is 0.507 e. The molecule has 0 bridgehead atoms. The Morgan fingerprint density at radius 3 is 2.84 bits per heavy atom. The maximum absolute atomic E-state index is 9.78. The van der Waals surface area contributed by atoms with Gasteiger partial charge in [-0.05, 0) is 18.2 Å². The number of phenolic OH excluding ortho intramolecular Hbond substituents is 1. The molecule has 0 radical (unpaired) electrons. The van der Waals surface area contributed by atoms with Crippen LogP contribution in [-0.4, -0.2) is 25.2 Å². The Morgan fingerprint density at radius 2 is 2.11 bits per heavy atom. The number of aromatic hydroxyl groups is 1. The van der Waals surface area contributed by atoms with Crippen molar-refractivity contribution in [2.24, 2.45) is 0 Å². The summed E-state index contributed by atoms with van der Waals surface area (Å²) in [5.41, 5.74) is 0.901. The fourth-order valence-corrected chi connectivity index (χ4v) is 1.70. The van der Waals surface area contributed by atoms with Gasteiger partial charge in [0, 0.05) is 17.4 Å². The van der Waals surface area contributed by atoms with Crippen LogP contribution in [0.15, 0.2) is 41.3 Å². The average molecular weight is 275 g/mol. The molecule has 1 N–H and O–H groups in total. The van der Waals surface area contributed by atoms with Gasteiger partial charge in [0.05, 0.1) is 11.8 Å². The van der Waals surface area contributed by atoms with E-state index < -0.39 is 0 Å². The van der Waals surface area contributed by atoms with Crippen LogP contribution in [0.3, 0.4) is 0 Å². The topological polar surface area (TPSA) is 84.9 Å². The van der Waals surface area contributed by atoms with Gasteiger partial charge in [-0.2, -0.15) is 4.98 Å². The molecular weight excluding hydrogens is 268 g/mol. The van der Waals surface area contributed by atoms with Crippen molar-refractivity contribution in [3.05, 3.63) is 41.8 Å². The first-order chi connectivity index (χ1) is 9.24. The molecule has 0 unspecified atom stereocenters. The Bertz CT molecular complexity index is 715. The predicted octanol–water partition coefficient (Wildman–Crippen LogP) is 2.55. The highest BCUT2D eigenvalue weighted by Gasteiger charge is 2.14. The second-order valence-electron chi connectivity index (χ2n) is 3.68. The second kappa shape index (κ2) is 4.66. The summed E-state index contributed by atoms with van der Waals surface area (Å²) in [6.45, 7) is 0. The van der Waals surface area contributed by atoms with Crippen LogP contribution in [0, 0.1) is 0 Å². The van der Waals surface area contributed by atoms with E-state index in [9.17, 15) is 5.11 Å². The van der Waals surface area contributed by atoms with Crippen molar-refractivity contribution in [3.63, 3.8) is 0 Å². The van der Waals surface area contributed by atoms with E-state index in [1.54, 1.807) is 18.3 Å².